The summed E-state index contributed by atoms with van der Waals surface area (Å²) < 4.78 is 0. The first-order valence-electron chi connectivity index (χ1n) is 8.69. The van der Waals surface area contributed by atoms with Crippen LogP contribution < -0.4 is 10.6 Å². The normalized spacial score (nSPS) is 23.0. The molecule has 0 bridgehead atoms. The monoisotopic (exact) mass is 385 g/mol. The molecule has 0 saturated carbocycles. The molecular formula is C18H25Cl2N3O2. The third-order valence-electron chi connectivity index (χ3n) is 4.84. The van der Waals surface area contributed by atoms with Gasteiger partial charge in [-0.15, -0.1) is 12.4 Å². The number of nitrogens with zero attached hydrogens (tertiary/aromatic N) is 1. The van der Waals surface area contributed by atoms with Crippen molar-refractivity contribution in [3.63, 3.8) is 0 Å². The summed E-state index contributed by atoms with van der Waals surface area (Å²) in [5.41, 5.74) is 0.666. The molecule has 0 aromatic heterocycles. The summed E-state index contributed by atoms with van der Waals surface area (Å²) in [6.07, 6.45) is 3.99. The zero-order valence-corrected chi connectivity index (χ0v) is 15.7. The van der Waals surface area contributed by atoms with E-state index < -0.39 is 0 Å². The van der Waals surface area contributed by atoms with Gasteiger partial charge in [-0.1, -0.05) is 11.6 Å². The van der Waals surface area contributed by atoms with Gasteiger partial charge >= 0.3 is 0 Å². The molecule has 2 amide bonds. The van der Waals surface area contributed by atoms with Crippen molar-refractivity contribution in [2.24, 2.45) is 5.92 Å². The Bertz CT molecular complexity index is 588. The van der Waals surface area contributed by atoms with Crippen LogP contribution in [0.1, 0.15) is 36.0 Å². The Hall–Kier alpha value is -1.30. The first-order valence-corrected chi connectivity index (χ1v) is 9.07. The van der Waals surface area contributed by atoms with Gasteiger partial charge in [0.25, 0.3) is 5.91 Å². The lowest BCUT2D eigenvalue weighted by molar-refractivity contribution is -0.123. The summed E-state index contributed by atoms with van der Waals surface area (Å²) >= 11 is 5.88. The lowest BCUT2D eigenvalue weighted by Gasteiger charge is -2.33. The quantitative estimate of drug-likeness (QED) is 0.836. The van der Waals surface area contributed by atoms with Crippen LogP contribution in [0.15, 0.2) is 24.3 Å². The van der Waals surface area contributed by atoms with E-state index in [9.17, 15) is 9.59 Å². The molecule has 7 heteroatoms. The van der Waals surface area contributed by atoms with Crippen molar-refractivity contribution >= 4 is 35.8 Å². The molecule has 0 spiro atoms. The minimum absolute atomic E-state index is 0. The van der Waals surface area contributed by atoms with Crippen molar-refractivity contribution in [2.45, 2.75) is 31.7 Å². The second-order valence-electron chi connectivity index (χ2n) is 6.66. The molecular weight excluding hydrogens is 361 g/mol. The number of carbonyl (C=O) groups excluding carboxylic acids is 2. The molecule has 2 N–H and O–H groups in total. The van der Waals surface area contributed by atoms with Crippen molar-refractivity contribution in [1.82, 2.24) is 15.5 Å². The summed E-state index contributed by atoms with van der Waals surface area (Å²) in [5.74, 6) is 0.453. The summed E-state index contributed by atoms with van der Waals surface area (Å²) in [6.45, 7) is 3.03. The van der Waals surface area contributed by atoms with Gasteiger partial charge in [0, 0.05) is 30.2 Å². The Labute approximate surface area is 159 Å². The van der Waals surface area contributed by atoms with E-state index >= 15 is 0 Å². The summed E-state index contributed by atoms with van der Waals surface area (Å²) in [7, 11) is 0. The fourth-order valence-corrected chi connectivity index (χ4v) is 3.59. The largest absolute Gasteiger partial charge is 0.354 e. The van der Waals surface area contributed by atoms with Crippen molar-refractivity contribution in [1.29, 1.82) is 0 Å². The number of benzene rings is 1. The highest BCUT2D eigenvalue weighted by atomic mass is 35.5. The van der Waals surface area contributed by atoms with E-state index in [1.54, 1.807) is 24.3 Å². The zero-order valence-electron chi connectivity index (χ0n) is 14.2. The standard InChI is InChI=1S/C18H24ClN3O2.ClH/c19-15-7-5-14(6-8-15)18(24)22-10-2-3-13(12-22)11-21-17(23)16-4-1-9-20-16;/h5-8,13,16,20H,1-4,9-12H2,(H,21,23);1H. The number of likely N-dealkylation sites (tertiary alicyclic amines) is 1. The maximum absolute atomic E-state index is 12.6. The van der Waals surface area contributed by atoms with E-state index in [4.69, 9.17) is 11.6 Å². The van der Waals surface area contributed by atoms with Crippen LogP contribution in [-0.4, -0.2) is 48.9 Å². The van der Waals surface area contributed by atoms with Crippen LogP contribution >= 0.6 is 24.0 Å². The molecule has 25 heavy (non-hydrogen) atoms. The van der Waals surface area contributed by atoms with E-state index in [2.05, 4.69) is 10.6 Å². The first-order chi connectivity index (χ1) is 11.6. The molecule has 0 aliphatic carbocycles. The van der Waals surface area contributed by atoms with Crippen LogP contribution in [0.4, 0.5) is 0 Å². The Morgan fingerprint density at radius 3 is 2.64 bits per heavy atom. The van der Waals surface area contributed by atoms with E-state index in [1.807, 2.05) is 4.90 Å². The topological polar surface area (TPSA) is 61.4 Å². The third-order valence-corrected chi connectivity index (χ3v) is 5.09. The van der Waals surface area contributed by atoms with Crippen LogP contribution in [0, 0.1) is 5.92 Å². The summed E-state index contributed by atoms with van der Waals surface area (Å²) in [5, 5.41) is 6.88. The predicted octanol–water partition coefficient (Wildman–Crippen LogP) is 2.48. The maximum Gasteiger partial charge on any atom is 0.253 e. The minimum atomic E-state index is -0.0413. The van der Waals surface area contributed by atoms with E-state index in [0.717, 1.165) is 38.8 Å². The van der Waals surface area contributed by atoms with Crippen molar-refractivity contribution < 1.29 is 9.59 Å². The van der Waals surface area contributed by atoms with Crippen molar-refractivity contribution in [2.75, 3.05) is 26.2 Å². The van der Waals surface area contributed by atoms with Gasteiger partial charge in [0.05, 0.1) is 6.04 Å². The van der Waals surface area contributed by atoms with Crippen molar-refractivity contribution in [3.05, 3.63) is 34.9 Å². The SMILES string of the molecule is Cl.O=C(NCC1CCCN(C(=O)c2ccc(Cl)cc2)C1)C1CCCN1. The summed E-state index contributed by atoms with van der Waals surface area (Å²) in [4.78, 5) is 26.6. The van der Waals surface area contributed by atoms with Crippen molar-refractivity contribution in [3.8, 4) is 0 Å². The van der Waals surface area contributed by atoms with Gasteiger partial charge in [-0.25, -0.2) is 0 Å². The molecule has 2 fully saturated rings. The molecule has 1 aromatic carbocycles. The lowest BCUT2D eigenvalue weighted by Crippen LogP contribution is -2.46. The fourth-order valence-electron chi connectivity index (χ4n) is 3.47. The molecule has 1 aromatic rings. The number of nitrogens with one attached hydrogen (secondary N) is 2. The van der Waals surface area contributed by atoms with Gasteiger partial charge in [-0.2, -0.15) is 0 Å². The molecule has 5 nitrogen and oxygen atoms in total. The van der Waals surface area contributed by atoms with Gasteiger partial charge in [-0.05, 0) is 62.4 Å². The number of piperidine rings is 1. The van der Waals surface area contributed by atoms with Gasteiger partial charge < -0.3 is 15.5 Å². The Balaban J connectivity index is 0.00000225. The second-order valence-corrected chi connectivity index (χ2v) is 7.10. The highest BCUT2D eigenvalue weighted by Crippen LogP contribution is 2.19. The minimum Gasteiger partial charge on any atom is -0.354 e. The number of halogens is 2. The van der Waals surface area contributed by atoms with Gasteiger partial charge in [0.15, 0.2) is 0 Å². The number of hydrogen-bond acceptors (Lipinski definition) is 3. The average Bonchev–Trinajstić information content (AvgIpc) is 3.15. The molecule has 2 atom stereocenters. The van der Waals surface area contributed by atoms with Crippen LogP contribution in [0.2, 0.25) is 5.02 Å². The van der Waals surface area contributed by atoms with Gasteiger partial charge in [0.2, 0.25) is 5.91 Å². The number of amides is 2. The molecule has 3 rings (SSSR count). The Morgan fingerprint density at radius 2 is 1.96 bits per heavy atom. The number of hydrogen-bond donors (Lipinski definition) is 2. The molecule has 2 aliphatic rings. The van der Waals surface area contributed by atoms with Crippen LogP contribution in [0.3, 0.4) is 0 Å². The molecule has 2 unspecified atom stereocenters. The fraction of sp³-hybridized carbons (Fsp3) is 0.556. The van der Waals surface area contributed by atoms with E-state index in [-0.39, 0.29) is 30.3 Å². The molecule has 0 radical (unpaired) electrons. The third kappa shape index (κ3) is 5.33. The van der Waals surface area contributed by atoms with E-state index in [0.29, 0.717) is 29.6 Å². The second kappa shape index (κ2) is 9.41. The predicted molar refractivity (Wildman–Crippen MR) is 101 cm³/mol. The zero-order chi connectivity index (χ0) is 16.9. The van der Waals surface area contributed by atoms with Gasteiger partial charge in [-0.3, -0.25) is 9.59 Å². The average molecular weight is 386 g/mol. The smallest absolute Gasteiger partial charge is 0.253 e. The Kier molecular flexibility index (Phi) is 7.54. The number of carbonyl (C=O) groups is 2. The molecule has 2 aliphatic heterocycles. The molecule has 138 valence electrons. The highest BCUT2D eigenvalue weighted by Gasteiger charge is 2.26. The van der Waals surface area contributed by atoms with Crippen LogP contribution in [0.5, 0.6) is 0 Å². The maximum atomic E-state index is 12.6. The highest BCUT2D eigenvalue weighted by molar-refractivity contribution is 6.30. The first kappa shape index (κ1) is 20.0. The molecule has 2 heterocycles. The molecule has 2 saturated heterocycles. The lowest BCUT2D eigenvalue weighted by atomic mass is 9.97. The Morgan fingerprint density at radius 1 is 1.20 bits per heavy atom. The van der Waals surface area contributed by atoms with E-state index in [1.165, 1.54) is 0 Å². The summed E-state index contributed by atoms with van der Waals surface area (Å²) in [6, 6.07) is 6.97. The van der Waals surface area contributed by atoms with Crippen LogP contribution in [0.25, 0.3) is 0 Å². The van der Waals surface area contributed by atoms with Gasteiger partial charge in [0.1, 0.15) is 0 Å². The van der Waals surface area contributed by atoms with Crippen LogP contribution in [-0.2, 0) is 4.79 Å². The number of rotatable bonds is 4.